The lowest BCUT2D eigenvalue weighted by Gasteiger charge is -2.23. The summed E-state index contributed by atoms with van der Waals surface area (Å²) in [6, 6.07) is 5.18. The first kappa shape index (κ1) is 16.4. The summed E-state index contributed by atoms with van der Waals surface area (Å²) in [7, 11) is 0. The molecule has 0 aliphatic heterocycles. The Morgan fingerprint density at radius 3 is 2.70 bits per heavy atom. The summed E-state index contributed by atoms with van der Waals surface area (Å²) in [5, 5.41) is 13.2. The number of carbonyl (C=O) groups is 1. The van der Waals surface area contributed by atoms with Gasteiger partial charge in [-0.3, -0.25) is 4.79 Å². The minimum atomic E-state index is -0.711. The lowest BCUT2D eigenvalue weighted by atomic mass is 9.89. The molecule has 2 fully saturated rings. The molecule has 0 bridgehead atoms. The van der Waals surface area contributed by atoms with Crippen molar-refractivity contribution >= 4 is 5.91 Å². The third-order valence-electron chi connectivity index (χ3n) is 5.36. The number of amides is 1. The molecule has 0 heterocycles. The van der Waals surface area contributed by atoms with E-state index in [4.69, 9.17) is 0 Å². The second-order valence-electron chi connectivity index (χ2n) is 7.36. The maximum atomic E-state index is 13.5. The molecule has 0 spiro atoms. The maximum Gasteiger partial charge on any atom is 0.220 e. The molecule has 2 aliphatic carbocycles. The molecule has 23 heavy (non-hydrogen) atoms. The van der Waals surface area contributed by atoms with Crippen LogP contribution in [0.4, 0.5) is 4.39 Å². The van der Waals surface area contributed by atoms with Crippen molar-refractivity contribution in [1.29, 1.82) is 0 Å². The maximum absolute atomic E-state index is 13.5. The van der Waals surface area contributed by atoms with Gasteiger partial charge in [-0.15, -0.1) is 0 Å². The van der Waals surface area contributed by atoms with Crippen molar-refractivity contribution in [3.05, 3.63) is 35.1 Å². The molecule has 2 N–H and O–H groups in total. The van der Waals surface area contributed by atoms with Crippen molar-refractivity contribution in [1.82, 2.24) is 5.32 Å². The molecular weight excluding hydrogens is 293 g/mol. The quantitative estimate of drug-likeness (QED) is 0.844. The highest BCUT2D eigenvalue weighted by Crippen LogP contribution is 2.44. The summed E-state index contributed by atoms with van der Waals surface area (Å²) in [6.07, 6.45) is 6.31. The van der Waals surface area contributed by atoms with E-state index in [0.29, 0.717) is 24.4 Å². The van der Waals surface area contributed by atoms with Crippen molar-refractivity contribution in [3.63, 3.8) is 0 Å². The van der Waals surface area contributed by atoms with Gasteiger partial charge in [0.15, 0.2) is 0 Å². The fourth-order valence-corrected chi connectivity index (χ4v) is 3.70. The van der Waals surface area contributed by atoms with Crippen LogP contribution in [0.15, 0.2) is 18.2 Å². The fourth-order valence-electron chi connectivity index (χ4n) is 3.70. The number of aryl methyl sites for hydroxylation is 1. The molecule has 3 rings (SSSR count). The van der Waals surface area contributed by atoms with Crippen LogP contribution >= 0.6 is 0 Å². The molecular formula is C19H26FNO2. The molecule has 2 saturated carbocycles. The van der Waals surface area contributed by atoms with Gasteiger partial charge in [-0.1, -0.05) is 25.0 Å². The average molecular weight is 319 g/mol. The Labute approximate surface area is 137 Å². The second-order valence-corrected chi connectivity index (χ2v) is 7.36. The molecule has 1 atom stereocenters. The van der Waals surface area contributed by atoms with E-state index in [2.05, 4.69) is 5.32 Å². The number of rotatable bonds is 6. The zero-order valence-electron chi connectivity index (χ0n) is 13.8. The normalized spacial score (nSPS) is 21.2. The standard InChI is InChI=1S/C19H26FNO2/c1-13-10-15(6-7-17(13)20)16(14-4-5-14)11-18(22)21-12-19(23)8-2-3-9-19/h6-7,10,14,16,23H,2-5,8-9,11-12H2,1H3,(H,21,22). The van der Waals surface area contributed by atoms with Crippen LogP contribution in [-0.4, -0.2) is 23.2 Å². The first-order valence-electron chi connectivity index (χ1n) is 8.72. The van der Waals surface area contributed by atoms with Crippen molar-refractivity contribution in [2.24, 2.45) is 5.92 Å². The Morgan fingerprint density at radius 1 is 1.39 bits per heavy atom. The summed E-state index contributed by atoms with van der Waals surface area (Å²) in [5.74, 6) is 0.480. The minimum absolute atomic E-state index is 0.01000. The number of benzene rings is 1. The van der Waals surface area contributed by atoms with Gasteiger partial charge in [0.2, 0.25) is 5.91 Å². The van der Waals surface area contributed by atoms with Crippen molar-refractivity contribution in [2.75, 3.05) is 6.54 Å². The summed E-state index contributed by atoms with van der Waals surface area (Å²) < 4.78 is 13.5. The van der Waals surface area contributed by atoms with E-state index in [-0.39, 0.29) is 17.6 Å². The molecule has 126 valence electrons. The number of carbonyl (C=O) groups excluding carboxylic acids is 1. The lowest BCUT2D eigenvalue weighted by Crippen LogP contribution is -2.41. The molecule has 0 radical (unpaired) electrons. The van der Waals surface area contributed by atoms with Gasteiger partial charge in [-0.2, -0.15) is 0 Å². The predicted molar refractivity (Wildman–Crippen MR) is 87.6 cm³/mol. The van der Waals surface area contributed by atoms with Crippen LogP contribution in [-0.2, 0) is 4.79 Å². The number of halogens is 1. The molecule has 2 aliphatic rings. The molecule has 1 aromatic rings. The molecule has 1 unspecified atom stereocenters. The predicted octanol–water partition coefficient (Wildman–Crippen LogP) is 3.44. The van der Waals surface area contributed by atoms with Gasteiger partial charge >= 0.3 is 0 Å². The zero-order chi connectivity index (χ0) is 16.4. The first-order chi connectivity index (χ1) is 11.0. The number of hydrogen-bond acceptors (Lipinski definition) is 2. The van der Waals surface area contributed by atoms with Crippen LogP contribution < -0.4 is 5.32 Å². The third kappa shape index (κ3) is 4.11. The highest BCUT2D eigenvalue weighted by Gasteiger charge is 2.35. The van der Waals surface area contributed by atoms with Gasteiger partial charge in [0.1, 0.15) is 5.82 Å². The van der Waals surface area contributed by atoms with Crippen LogP contribution in [0, 0.1) is 18.7 Å². The van der Waals surface area contributed by atoms with E-state index in [0.717, 1.165) is 44.1 Å². The largest absolute Gasteiger partial charge is 0.388 e. The molecule has 3 nitrogen and oxygen atoms in total. The molecule has 0 saturated heterocycles. The van der Waals surface area contributed by atoms with Gasteiger partial charge in [-0.25, -0.2) is 4.39 Å². The SMILES string of the molecule is Cc1cc(C(CC(=O)NCC2(O)CCCC2)C2CC2)ccc1F. The zero-order valence-corrected chi connectivity index (χ0v) is 13.8. The van der Waals surface area contributed by atoms with Crippen LogP contribution in [0.5, 0.6) is 0 Å². The van der Waals surface area contributed by atoms with Crippen LogP contribution in [0.1, 0.15) is 62.0 Å². The monoisotopic (exact) mass is 319 g/mol. The molecule has 0 aromatic heterocycles. The Morgan fingerprint density at radius 2 is 2.09 bits per heavy atom. The van der Waals surface area contributed by atoms with E-state index in [1.54, 1.807) is 6.92 Å². The molecule has 1 aromatic carbocycles. The van der Waals surface area contributed by atoms with Crippen LogP contribution in [0.3, 0.4) is 0 Å². The van der Waals surface area contributed by atoms with Crippen molar-refractivity contribution in [3.8, 4) is 0 Å². The highest BCUT2D eigenvalue weighted by molar-refractivity contribution is 5.77. The Kier molecular flexibility index (Phi) is 4.72. The molecule has 1 amide bonds. The summed E-state index contributed by atoms with van der Waals surface area (Å²) in [5.41, 5.74) is 0.979. The first-order valence-corrected chi connectivity index (χ1v) is 8.72. The average Bonchev–Trinajstić information content (AvgIpc) is 3.27. The van der Waals surface area contributed by atoms with E-state index < -0.39 is 5.60 Å². The van der Waals surface area contributed by atoms with Crippen LogP contribution in [0.25, 0.3) is 0 Å². The number of aliphatic hydroxyl groups is 1. The van der Waals surface area contributed by atoms with E-state index in [1.165, 1.54) is 6.07 Å². The Hall–Kier alpha value is -1.42. The minimum Gasteiger partial charge on any atom is -0.388 e. The van der Waals surface area contributed by atoms with Crippen LogP contribution in [0.2, 0.25) is 0 Å². The lowest BCUT2D eigenvalue weighted by molar-refractivity contribution is -0.122. The number of hydrogen-bond donors (Lipinski definition) is 2. The third-order valence-corrected chi connectivity index (χ3v) is 5.36. The summed E-state index contributed by atoms with van der Waals surface area (Å²) >= 11 is 0. The van der Waals surface area contributed by atoms with Gasteiger partial charge in [0, 0.05) is 13.0 Å². The smallest absolute Gasteiger partial charge is 0.220 e. The van der Waals surface area contributed by atoms with Gasteiger partial charge < -0.3 is 10.4 Å². The van der Waals surface area contributed by atoms with Gasteiger partial charge in [-0.05, 0) is 61.6 Å². The van der Waals surface area contributed by atoms with E-state index >= 15 is 0 Å². The molecule has 4 heteroatoms. The fraction of sp³-hybridized carbons (Fsp3) is 0.632. The number of nitrogens with one attached hydrogen (secondary N) is 1. The van der Waals surface area contributed by atoms with Crippen molar-refractivity contribution < 1.29 is 14.3 Å². The Bertz CT molecular complexity index is 577. The summed E-state index contributed by atoms with van der Waals surface area (Å²) in [4.78, 5) is 12.3. The van der Waals surface area contributed by atoms with E-state index in [1.807, 2.05) is 12.1 Å². The summed E-state index contributed by atoms with van der Waals surface area (Å²) in [6.45, 7) is 2.12. The van der Waals surface area contributed by atoms with Crippen molar-refractivity contribution in [2.45, 2.75) is 63.4 Å². The van der Waals surface area contributed by atoms with Gasteiger partial charge in [0.05, 0.1) is 5.60 Å². The highest BCUT2D eigenvalue weighted by atomic mass is 19.1. The van der Waals surface area contributed by atoms with E-state index in [9.17, 15) is 14.3 Å². The Balaban J connectivity index is 1.60. The van der Waals surface area contributed by atoms with Gasteiger partial charge in [0.25, 0.3) is 0 Å². The second kappa shape index (κ2) is 6.60. The topological polar surface area (TPSA) is 49.3 Å².